The number of rotatable bonds is 7. The van der Waals surface area contributed by atoms with Gasteiger partial charge in [-0.2, -0.15) is 4.98 Å². The molecule has 0 bridgehead atoms. The molecule has 0 saturated heterocycles. The number of hydrogen-bond donors (Lipinski definition) is 1. The van der Waals surface area contributed by atoms with Gasteiger partial charge in [0, 0.05) is 17.8 Å². The summed E-state index contributed by atoms with van der Waals surface area (Å²) in [5, 5.41) is 6.57. The summed E-state index contributed by atoms with van der Waals surface area (Å²) in [6.07, 6.45) is 1.48. The van der Waals surface area contributed by atoms with Gasteiger partial charge in [0.25, 0.3) is 11.4 Å². The van der Waals surface area contributed by atoms with Gasteiger partial charge in [-0.05, 0) is 48.5 Å². The number of carbonyl (C=O) groups is 1. The normalized spacial score (nSPS) is 10.6. The lowest BCUT2D eigenvalue weighted by atomic mass is 10.2. The van der Waals surface area contributed by atoms with Crippen molar-refractivity contribution in [1.29, 1.82) is 0 Å². The summed E-state index contributed by atoms with van der Waals surface area (Å²) in [7, 11) is 2.99. The zero-order chi connectivity index (χ0) is 23.4. The lowest BCUT2D eigenvalue weighted by Crippen LogP contribution is -2.28. The Bertz CT molecular complexity index is 1350. The summed E-state index contributed by atoms with van der Waals surface area (Å²) >= 11 is 0. The molecule has 168 valence electrons. The third-order valence-electron chi connectivity index (χ3n) is 4.77. The third-order valence-corrected chi connectivity index (χ3v) is 4.77. The maximum Gasteiger partial charge on any atom is 0.263 e. The van der Waals surface area contributed by atoms with Crippen molar-refractivity contribution in [2.75, 3.05) is 19.5 Å². The number of benzene rings is 2. The Morgan fingerprint density at radius 1 is 1.12 bits per heavy atom. The SMILES string of the molecule is COc1ccc(OC)c(NC(=O)Cn2cccc(-c3nc(-c4ccc(F)cc4)no3)c2=O)c1. The minimum Gasteiger partial charge on any atom is -0.497 e. The molecule has 0 aliphatic heterocycles. The number of nitrogens with one attached hydrogen (secondary N) is 1. The summed E-state index contributed by atoms with van der Waals surface area (Å²) in [4.78, 5) is 29.8. The van der Waals surface area contributed by atoms with Crippen molar-refractivity contribution in [3.05, 3.63) is 77.0 Å². The lowest BCUT2D eigenvalue weighted by molar-refractivity contribution is -0.116. The Morgan fingerprint density at radius 3 is 2.64 bits per heavy atom. The van der Waals surface area contributed by atoms with Crippen LogP contribution in [0, 0.1) is 5.82 Å². The molecule has 0 unspecified atom stereocenters. The molecule has 0 radical (unpaired) electrons. The first-order valence-corrected chi connectivity index (χ1v) is 9.80. The number of aromatic nitrogens is 3. The summed E-state index contributed by atoms with van der Waals surface area (Å²) in [6.45, 7) is -0.258. The summed E-state index contributed by atoms with van der Waals surface area (Å²) in [5.41, 5.74) is 0.589. The molecule has 0 saturated carbocycles. The molecule has 1 N–H and O–H groups in total. The predicted octanol–water partition coefficient (Wildman–Crippen LogP) is 3.36. The standard InChI is InChI=1S/C23H19FN4O5/c1-31-16-9-10-19(32-2)18(12-16)25-20(29)13-28-11-3-4-17(23(28)30)22-26-21(27-33-22)14-5-7-15(24)8-6-14/h3-12H,13H2,1-2H3,(H,25,29). The quantitative estimate of drug-likeness (QED) is 0.460. The fourth-order valence-electron chi connectivity index (χ4n) is 3.13. The smallest absolute Gasteiger partial charge is 0.263 e. The number of ether oxygens (including phenoxy) is 2. The summed E-state index contributed by atoms with van der Waals surface area (Å²) in [6, 6.07) is 13.7. The van der Waals surface area contributed by atoms with Gasteiger partial charge in [0.05, 0.1) is 19.9 Å². The molecule has 1 amide bonds. The first-order chi connectivity index (χ1) is 16.0. The maximum atomic E-state index is 13.1. The van der Waals surface area contributed by atoms with Gasteiger partial charge in [-0.25, -0.2) is 4.39 Å². The highest BCUT2D eigenvalue weighted by Crippen LogP contribution is 2.29. The first kappa shape index (κ1) is 21.8. The van der Waals surface area contributed by atoms with E-state index in [1.54, 1.807) is 24.3 Å². The average Bonchev–Trinajstić information content (AvgIpc) is 3.31. The van der Waals surface area contributed by atoms with E-state index in [1.165, 1.54) is 55.3 Å². The van der Waals surface area contributed by atoms with E-state index in [1.807, 2.05) is 0 Å². The molecule has 4 rings (SSSR count). The number of pyridine rings is 1. The van der Waals surface area contributed by atoms with Gasteiger partial charge in [-0.15, -0.1) is 0 Å². The van der Waals surface area contributed by atoms with Crippen LogP contribution in [0.3, 0.4) is 0 Å². The lowest BCUT2D eigenvalue weighted by Gasteiger charge is -2.12. The fraction of sp³-hybridized carbons (Fsp3) is 0.130. The van der Waals surface area contributed by atoms with Gasteiger partial charge in [0.15, 0.2) is 0 Å². The molecule has 2 aromatic heterocycles. The maximum absolute atomic E-state index is 13.1. The summed E-state index contributed by atoms with van der Waals surface area (Å²) in [5.74, 6) is 0.353. The Balaban J connectivity index is 1.55. The van der Waals surface area contributed by atoms with Crippen LogP contribution in [0.25, 0.3) is 22.8 Å². The Hall–Kier alpha value is -4.47. The van der Waals surface area contributed by atoms with Crippen LogP contribution in [0.2, 0.25) is 0 Å². The van der Waals surface area contributed by atoms with Gasteiger partial charge >= 0.3 is 0 Å². The highest BCUT2D eigenvalue weighted by Gasteiger charge is 2.17. The van der Waals surface area contributed by atoms with Crippen molar-refractivity contribution in [2.24, 2.45) is 0 Å². The number of nitrogens with zero attached hydrogens (tertiary/aromatic N) is 3. The monoisotopic (exact) mass is 450 g/mol. The van der Waals surface area contributed by atoms with Crippen LogP contribution in [-0.2, 0) is 11.3 Å². The highest BCUT2D eigenvalue weighted by molar-refractivity contribution is 5.92. The van der Waals surface area contributed by atoms with Crippen LogP contribution < -0.4 is 20.3 Å². The number of carbonyl (C=O) groups excluding carboxylic acids is 1. The molecule has 9 nitrogen and oxygen atoms in total. The van der Waals surface area contributed by atoms with Crippen molar-refractivity contribution in [2.45, 2.75) is 6.54 Å². The molecular weight excluding hydrogens is 431 g/mol. The van der Waals surface area contributed by atoms with E-state index >= 15 is 0 Å². The van der Waals surface area contributed by atoms with Gasteiger partial charge in [0.2, 0.25) is 11.7 Å². The second-order valence-corrected chi connectivity index (χ2v) is 6.90. The molecule has 0 atom stereocenters. The van der Waals surface area contributed by atoms with Crippen molar-refractivity contribution in [1.82, 2.24) is 14.7 Å². The van der Waals surface area contributed by atoms with E-state index in [4.69, 9.17) is 14.0 Å². The van der Waals surface area contributed by atoms with E-state index in [-0.39, 0.29) is 23.8 Å². The van der Waals surface area contributed by atoms with Gasteiger partial charge in [0.1, 0.15) is 29.4 Å². The fourth-order valence-corrected chi connectivity index (χ4v) is 3.13. The van der Waals surface area contributed by atoms with Gasteiger partial charge < -0.3 is 23.9 Å². The average molecular weight is 450 g/mol. The van der Waals surface area contributed by atoms with Crippen LogP contribution in [0.15, 0.2) is 70.1 Å². The van der Waals surface area contributed by atoms with Crippen LogP contribution in [0.4, 0.5) is 10.1 Å². The van der Waals surface area contributed by atoms with E-state index in [2.05, 4.69) is 15.5 Å². The predicted molar refractivity (Wildman–Crippen MR) is 118 cm³/mol. The number of halogens is 1. The molecule has 2 aromatic carbocycles. The van der Waals surface area contributed by atoms with Crippen molar-refractivity contribution in [3.8, 4) is 34.3 Å². The highest BCUT2D eigenvalue weighted by atomic mass is 19.1. The number of anilines is 1. The van der Waals surface area contributed by atoms with E-state index < -0.39 is 17.3 Å². The van der Waals surface area contributed by atoms with Gasteiger partial charge in [-0.1, -0.05) is 5.16 Å². The second kappa shape index (κ2) is 9.35. The van der Waals surface area contributed by atoms with Crippen LogP contribution >= 0.6 is 0 Å². The molecule has 0 spiro atoms. The zero-order valence-corrected chi connectivity index (χ0v) is 17.7. The third kappa shape index (κ3) is 4.74. The molecule has 0 fully saturated rings. The van der Waals surface area contributed by atoms with E-state index in [0.717, 1.165) is 0 Å². The molecule has 33 heavy (non-hydrogen) atoms. The van der Waals surface area contributed by atoms with Crippen LogP contribution in [-0.4, -0.2) is 34.8 Å². The first-order valence-electron chi connectivity index (χ1n) is 9.80. The molecular formula is C23H19FN4O5. The van der Waals surface area contributed by atoms with Crippen molar-refractivity contribution < 1.29 is 23.2 Å². The molecule has 2 heterocycles. The Labute approximate surface area is 187 Å². The molecule has 0 aliphatic carbocycles. The topological polar surface area (TPSA) is 108 Å². The van der Waals surface area contributed by atoms with E-state index in [9.17, 15) is 14.0 Å². The largest absolute Gasteiger partial charge is 0.497 e. The zero-order valence-electron chi connectivity index (χ0n) is 17.7. The minimum absolute atomic E-state index is 0.0106. The molecule has 4 aromatic rings. The van der Waals surface area contributed by atoms with Crippen LogP contribution in [0.5, 0.6) is 11.5 Å². The van der Waals surface area contributed by atoms with Gasteiger partial charge in [-0.3, -0.25) is 9.59 Å². The minimum atomic E-state index is -0.487. The van der Waals surface area contributed by atoms with Crippen molar-refractivity contribution >= 4 is 11.6 Å². The Kier molecular flexibility index (Phi) is 6.16. The summed E-state index contributed by atoms with van der Waals surface area (Å²) < 4.78 is 30.0. The molecule has 0 aliphatic rings. The number of hydrogen-bond acceptors (Lipinski definition) is 7. The number of amides is 1. The second-order valence-electron chi connectivity index (χ2n) is 6.90. The van der Waals surface area contributed by atoms with E-state index in [0.29, 0.717) is 22.7 Å². The van der Waals surface area contributed by atoms with Crippen molar-refractivity contribution in [3.63, 3.8) is 0 Å². The number of methoxy groups -OCH3 is 2. The molecule has 10 heteroatoms. The Morgan fingerprint density at radius 2 is 1.91 bits per heavy atom. The van der Waals surface area contributed by atoms with Crippen LogP contribution in [0.1, 0.15) is 0 Å².